The van der Waals surface area contributed by atoms with Crippen LogP contribution in [0.4, 0.5) is 11.4 Å². The van der Waals surface area contributed by atoms with Crippen LogP contribution in [-0.2, 0) is 9.59 Å². The van der Waals surface area contributed by atoms with Crippen molar-refractivity contribution in [1.29, 1.82) is 0 Å². The lowest BCUT2D eigenvalue weighted by molar-refractivity contribution is -0.862. The molecule has 148 valence electrons. The van der Waals surface area contributed by atoms with Crippen molar-refractivity contribution in [3.63, 3.8) is 0 Å². The van der Waals surface area contributed by atoms with Gasteiger partial charge in [0.05, 0.1) is 7.05 Å². The molecule has 0 radical (unpaired) electrons. The fraction of sp³-hybridized carbons (Fsp3) is 0.318. The number of aryl methyl sites for hydroxylation is 3. The van der Waals surface area contributed by atoms with Crippen molar-refractivity contribution < 1.29 is 19.3 Å². The lowest BCUT2D eigenvalue weighted by Gasteiger charge is -2.16. The summed E-state index contributed by atoms with van der Waals surface area (Å²) >= 11 is 0. The van der Waals surface area contributed by atoms with Crippen LogP contribution in [0, 0.1) is 20.8 Å². The molecule has 1 atom stereocenters. The molecule has 0 bridgehead atoms. The molecule has 2 amide bonds. The predicted molar refractivity (Wildman–Crippen MR) is 111 cm³/mol. The van der Waals surface area contributed by atoms with Gasteiger partial charge in [-0.1, -0.05) is 29.8 Å². The fourth-order valence-electron chi connectivity index (χ4n) is 3.19. The van der Waals surface area contributed by atoms with Crippen LogP contribution in [0.2, 0.25) is 0 Å². The molecule has 0 aliphatic carbocycles. The van der Waals surface area contributed by atoms with E-state index in [2.05, 4.69) is 10.6 Å². The average molecular weight is 382 g/mol. The van der Waals surface area contributed by atoms with Gasteiger partial charge < -0.3 is 15.5 Å². The number of quaternary nitrogens is 1. The number of hydrogen-bond acceptors (Lipinski definition) is 3. The van der Waals surface area contributed by atoms with Crippen LogP contribution in [0.5, 0.6) is 0 Å². The van der Waals surface area contributed by atoms with Gasteiger partial charge in [-0.05, 0) is 51.0 Å². The topological polar surface area (TPSA) is 79.7 Å². The molecule has 0 spiro atoms. The molecule has 0 aromatic heterocycles. The SMILES string of the molecule is CC(=O)c1cccc(NC(=O)C[NH+](C)CC(=O)Nc2c(C)cc(C)cc2C)c1. The summed E-state index contributed by atoms with van der Waals surface area (Å²) in [5, 5.41) is 5.72. The second-order valence-electron chi connectivity index (χ2n) is 7.32. The minimum atomic E-state index is -0.214. The molecule has 2 rings (SSSR count). The van der Waals surface area contributed by atoms with Gasteiger partial charge in [0.15, 0.2) is 18.9 Å². The van der Waals surface area contributed by atoms with E-state index in [0.29, 0.717) is 11.3 Å². The highest BCUT2D eigenvalue weighted by Crippen LogP contribution is 2.21. The van der Waals surface area contributed by atoms with E-state index in [4.69, 9.17) is 0 Å². The van der Waals surface area contributed by atoms with Gasteiger partial charge in [0.2, 0.25) is 0 Å². The third-order valence-corrected chi connectivity index (χ3v) is 4.42. The standard InChI is InChI=1S/C22H27N3O3/c1-14-9-15(2)22(16(3)10-14)24-21(28)13-25(5)12-20(27)23-19-8-6-7-18(11-19)17(4)26/h6-11H,12-13H2,1-5H3,(H,23,27)(H,24,28)/p+1. The van der Waals surface area contributed by atoms with Gasteiger partial charge in [-0.25, -0.2) is 0 Å². The Labute approximate surface area is 165 Å². The molecule has 3 N–H and O–H groups in total. The first-order chi connectivity index (χ1) is 13.2. The number of nitrogens with one attached hydrogen (secondary N) is 3. The van der Waals surface area contributed by atoms with E-state index in [1.54, 1.807) is 31.3 Å². The summed E-state index contributed by atoms with van der Waals surface area (Å²) in [5.74, 6) is -0.412. The Morgan fingerprint density at radius 1 is 0.893 bits per heavy atom. The molecule has 0 aliphatic heterocycles. The maximum atomic E-state index is 12.4. The van der Waals surface area contributed by atoms with Gasteiger partial charge in [-0.2, -0.15) is 0 Å². The summed E-state index contributed by atoms with van der Waals surface area (Å²) in [6.07, 6.45) is 0. The van der Waals surface area contributed by atoms with Crippen molar-refractivity contribution in [2.75, 3.05) is 30.8 Å². The number of amides is 2. The van der Waals surface area contributed by atoms with E-state index in [0.717, 1.165) is 27.3 Å². The zero-order chi connectivity index (χ0) is 20.8. The highest BCUT2D eigenvalue weighted by molar-refractivity contribution is 5.97. The molecule has 0 heterocycles. The van der Waals surface area contributed by atoms with E-state index >= 15 is 0 Å². The molecule has 6 heteroatoms. The zero-order valence-corrected chi connectivity index (χ0v) is 17.1. The average Bonchev–Trinajstić information content (AvgIpc) is 2.57. The Hall–Kier alpha value is -2.99. The van der Waals surface area contributed by atoms with Crippen molar-refractivity contribution in [2.24, 2.45) is 0 Å². The minimum Gasteiger partial charge on any atom is -0.322 e. The molecular formula is C22H28N3O3+. The predicted octanol–water partition coefficient (Wildman–Crippen LogP) is 1.91. The number of Topliss-reactive ketones (excluding diaryl/α,β-unsaturated/α-hetero) is 1. The number of ketones is 1. The summed E-state index contributed by atoms with van der Waals surface area (Å²) in [6, 6.07) is 10.9. The quantitative estimate of drug-likeness (QED) is 0.640. The Morgan fingerprint density at radius 2 is 1.46 bits per heavy atom. The zero-order valence-electron chi connectivity index (χ0n) is 17.1. The van der Waals surface area contributed by atoms with Gasteiger partial charge in [-0.15, -0.1) is 0 Å². The van der Waals surface area contributed by atoms with Crippen LogP contribution in [0.15, 0.2) is 36.4 Å². The van der Waals surface area contributed by atoms with E-state index in [-0.39, 0.29) is 30.7 Å². The number of anilines is 2. The number of carbonyl (C=O) groups excluding carboxylic acids is 3. The van der Waals surface area contributed by atoms with Gasteiger partial charge in [0.25, 0.3) is 11.8 Å². The molecule has 2 aromatic rings. The van der Waals surface area contributed by atoms with Crippen LogP contribution < -0.4 is 15.5 Å². The van der Waals surface area contributed by atoms with Crippen LogP contribution in [0.3, 0.4) is 0 Å². The van der Waals surface area contributed by atoms with Crippen molar-refractivity contribution >= 4 is 29.0 Å². The van der Waals surface area contributed by atoms with E-state index in [9.17, 15) is 14.4 Å². The Bertz CT molecular complexity index is 883. The molecule has 28 heavy (non-hydrogen) atoms. The molecule has 0 saturated carbocycles. The summed E-state index contributed by atoms with van der Waals surface area (Å²) < 4.78 is 0. The number of likely N-dealkylation sites (N-methyl/N-ethyl adjacent to an activating group) is 1. The van der Waals surface area contributed by atoms with Gasteiger partial charge in [0.1, 0.15) is 0 Å². The van der Waals surface area contributed by atoms with Crippen LogP contribution in [0.25, 0.3) is 0 Å². The highest BCUT2D eigenvalue weighted by atomic mass is 16.2. The Kier molecular flexibility index (Phi) is 7.06. The van der Waals surface area contributed by atoms with E-state index in [1.165, 1.54) is 6.92 Å². The lowest BCUT2D eigenvalue weighted by atomic mass is 10.1. The Morgan fingerprint density at radius 3 is 2.04 bits per heavy atom. The van der Waals surface area contributed by atoms with Crippen LogP contribution >= 0.6 is 0 Å². The summed E-state index contributed by atoms with van der Waals surface area (Å²) in [6.45, 7) is 7.75. The maximum Gasteiger partial charge on any atom is 0.279 e. The summed E-state index contributed by atoms with van der Waals surface area (Å²) in [4.78, 5) is 36.8. The number of hydrogen-bond donors (Lipinski definition) is 3. The molecule has 6 nitrogen and oxygen atoms in total. The lowest BCUT2D eigenvalue weighted by Crippen LogP contribution is -3.11. The normalized spacial score (nSPS) is 11.6. The second kappa shape index (κ2) is 9.28. The Balaban J connectivity index is 1.90. The van der Waals surface area contributed by atoms with Crippen molar-refractivity contribution in [2.45, 2.75) is 27.7 Å². The smallest absolute Gasteiger partial charge is 0.279 e. The second-order valence-corrected chi connectivity index (χ2v) is 7.32. The number of carbonyl (C=O) groups is 3. The third kappa shape index (κ3) is 6.03. The van der Waals surface area contributed by atoms with Gasteiger partial charge in [-0.3, -0.25) is 14.4 Å². The molecule has 0 fully saturated rings. The first kappa shape index (κ1) is 21.3. The number of benzene rings is 2. The van der Waals surface area contributed by atoms with Gasteiger partial charge >= 0.3 is 0 Å². The fourth-order valence-corrected chi connectivity index (χ4v) is 3.19. The highest BCUT2D eigenvalue weighted by Gasteiger charge is 2.16. The van der Waals surface area contributed by atoms with Crippen LogP contribution in [0.1, 0.15) is 34.0 Å². The van der Waals surface area contributed by atoms with Gasteiger partial charge in [0, 0.05) is 16.9 Å². The maximum absolute atomic E-state index is 12.4. The molecule has 0 saturated heterocycles. The first-order valence-electron chi connectivity index (χ1n) is 9.25. The first-order valence-corrected chi connectivity index (χ1v) is 9.25. The largest absolute Gasteiger partial charge is 0.322 e. The molecule has 1 unspecified atom stereocenters. The molecular weight excluding hydrogens is 354 g/mol. The number of rotatable bonds is 7. The summed E-state index contributed by atoms with van der Waals surface area (Å²) in [5.41, 5.74) is 5.14. The monoisotopic (exact) mass is 382 g/mol. The van der Waals surface area contributed by atoms with E-state index in [1.807, 2.05) is 32.9 Å². The molecule has 2 aromatic carbocycles. The van der Waals surface area contributed by atoms with Crippen LogP contribution in [-0.4, -0.2) is 37.7 Å². The minimum absolute atomic E-state index is 0.0581. The molecule has 0 aliphatic rings. The summed E-state index contributed by atoms with van der Waals surface area (Å²) in [7, 11) is 1.79. The van der Waals surface area contributed by atoms with Crippen molar-refractivity contribution in [3.05, 3.63) is 58.7 Å². The van der Waals surface area contributed by atoms with Crippen molar-refractivity contribution in [1.82, 2.24) is 0 Å². The van der Waals surface area contributed by atoms with E-state index < -0.39 is 0 Å². The third-order valence-electron chi connectivity index (χ3n) is 4.42. The van der Waals surface area contributed by atoms with Crippen molar-refractivity contribution in [3.8, 4) is 0 Å².